The molecule has 0 spiro atoms. The number of rotatable bonds is 3. The third kappa shape index (κ3) is 3.79. The molecule has 0 radical (unpaired) electrons. The molecule has 6 nitrogen and oxygen atoms in total. The maximum Gasteiger partial charge on any atom is 0.255 e. The van der Waals surface area contributed by atoms with Crippen molar-refractivity contribution in [3.8, 4) is 11.8 Å². The summed E-state index contributed by atoms with van der Waals surface area (Å²) in [5.41, 5.74) is 0.981. The SMILES string of the molecule is O=C(c1ccncc1C#CCCO)N1CCOCC1CO. The van der Waals surface area contributed by atoms with Gasteiger partial charge >= 0.3 is 0 Å². The highest BCUT2D eigenvalue weighted by Crippen LogP contribution is 2.14. The lowest BCUT2D eigenvalue weighted by atomic mass is 10.1. The van der Waals surface area contributed by atoms with E-state index in [1.54, 1.807) is 17.2 Å². The Labute approximate surface area is 123 Å². The van der Waals surface area contributed by atoms with E-state index in [9.17, 15) is 9.90 Å². The highest BCUT2D eigenvalue weighted by atomic mass is 16.5. The van der Waals surface area contributed by atoms with Crippen LogP contribution in [0.25, 0.3) is 0 Å². The molecule has 0 aliphatic carbocycles. The summed E-state index contributed by atoms with van der Waals surface area (Å²) < 4.78 is 5.28. The fraction of sp³-hybridized carbons (Fsp3) is 0.467. The molecule has 112 valence electrons. The van der Waals surface area contributed by atoms with E-state index in [2.05, 4.69) is 16.8 Å². The molecule has 6 heteroatoms. The highest BCUT2D eigenvalue weighted by molar-refractivity contribution is 5.96. The molecule has 0 aromatic carbocycles. The number of aliphatic hydroxyl groups is 2. The zero-order chi connectivity index (χ0) is 15.1. The number of hydrogen-bond donors (Lipinski definition) is 2. The number of nitrogens with zero attached hydrogens (tertiary/aromatic N) is 2. The number of carbonyl (C=O) groups is 1. The standard InChI is InChI=1S/C15H18N2O4/c18-7-2-1-3-12-9-16-5-4-14(12)15(20)17-6-8-21-11-13(17)10-19/h4-5,9,13,18-19H,2,6-8,10-11H2. The second-order valence-corrected chi connectivity index (χ2v) is 4.61. The molecule has 1 fully saturated rings. The summed E-state index contributed by atoms with van der Waals surface area (Å²) in [7, 11) is 0. The number of carbonyl (C=O) groups excluding carboxylic acids is 1. The molecule has 2 heterocycles. The van der Waals surface area contributed by atoms with Crippen molar-refractivity contribution >= 4 is 5.91 Å². The quantitative estimate of drug-likeness (QED) is 0.744. The van der Waals surface area contributed by atoms with Gasteiger partial charge in [0.15, 0.2) is 0 Å². The van der Waals surface area contributed by atoms with Crippen molar-refractivity contribution in [3.05, 3.63) is 29.6 Å². The van der Waals surface area contributed by atoms with E-state index in [0.717, 1.165) is 0 Å². The van der Waals surface area contributed by atoms with Crippen LogP contribution < -0.4 is 0 Å². The van der Waals surface area contributed by atoms with Gasteiger partial charge in [0.1, 0.15) is 0 Å². The number of amides is 1. The second-order valence-electron chi connectivity index (χ2n) is 4.61. The van der Waals surface area contributed by atoms with Gasteiger partial charge in [-0.1, -0.05) is 11.8 Å². The fourth-order valence-electron chi connectivity index (χ4n) is 2.12. The summed E-state index contributed by atoms with van der Waals surface area (Å²) in [5, 5.41) is 18.1. The Morgan fingerprint density at radius 2 is 2.38 bits per heavy atom. The smallest absolute Gasteiger partial charge is 0.255 e. The van der Waals surface area contributed by atoms with E-state index >= 15 is 0 Å². The summed E-state index contributed by atoms with van der Waals surface area (Å²) in [6.45, 7) is 1.07. The zero-order valence-electron chi connectivity index (χ0n) is 11.7. The molecule has 2 rings (SSSR count). The first-order chi connectivity index (χ1) is 10.3. The minimum absolute atomic E-state index is 0.0212. The Kier molecular flexibility index (Phi) is 5.69. The zero-order valence-corrected chi connectivity index (χ0v) is 11.7. The van der Waals surface area contributed by atoms with Crippen molar-refractivity contribution in [1.29, 1.82) is 0 Å². The summed E-state index contributed by atoms with van der Waals surface area (Å²) >= 11 is 0. The summed E-state index contributed by atoms with van der Waals surface area (Å²) in [4.78, 5) is 18.2. The fourth-order valence-corrected chi connectivity index (χ4v) is 2.12. The Bertz CT molecular complexity index is 550. The van der Waals surface area contributed by atoms with Gasteiger partial charge in [0.05, 0.1) is 43.6 Å². The van der Waals surface area contributed by atoms with Crippen molar-refractivity contribution in [3.63, 3.8) is 0 Å². The molecule has 0 saturated carbocycles. The molecule has 21 heavy (non-hydrogen) atoms. The van der Waals surface area contributed by atoms with Crippen LogP contribution in [0.4, 0.5) is 0 Å². The molecular formula is C15H18N2O4. The number of ether oxygens (including phenoxy) is 1. The van der Waals surface area contributed by atoms with E-state index in [0.29, 0.717) is 37.3 Å². The van der Waals surface area contributed by atoms with Crippen LogP contribution in [0.2, 0.25) is 0 Å². The largest absolute Gasteiger partial charge is 0.395 e. The lowest BCUT2D eigenvalue weighted by molar-refractivity contribution is -0.0184. The molecule has 1 atom stereocenters. The average molecular weight is 290 g/mol. The molecule has 1 aromatic heterocycles. The first kappa shape index (κ1) is 15.4. The van der Waals surface area contributed by atoms with Crippen molar-refractivity contribution < 1.29 is 19.7 Å². The lowest BCUT2D eigenvalue weighted by Gasteiger charge is -2.34. The second kappa shape index (κ2) is 7.74. The summed E-state index contributed by atoms with van der Waals surface area (Å²) in [6, 6.07) is 1.28. The van der Waals surface area contributed by atoms with Crippen LogP contribution in [0.1, 0.15) is 22.3 Å². The lowest BCUT2D eigenvalue weighted by Crippen LogP contribution is -2.50. The van der Waals surface area contributed by atoms with Gasteiger partial charge < -0.3 is 19.8 Å². The van der Waals surface area contributed by atoms with Crippen LogP contribution in [0, 0.1) is 11.8 Å². The van der Waals surface area contributed by atoms with Crippen molar-refractivity contribution in [2.24, 2.45) is 0 Å². The molecule has 2 N–H and O–H groups in total. The molecule has 1 amide bonds. The predicted molar refractivity (Wildman–Crippen MR) is 75.5 cm³/mol. The third-order valence-corrected chi connectivity index (χ3v) is 3.21. The van der Waals surface area contributed by atoms with E-state index in [1.165, 1.54) is 6.20 Å². The van der Waals surface area contributed by atoms with Gasteiger partial charge in [-0.15, -0.1) is 0 Å². The molecule has 1 saturated heterocycles. The monoisotopic (exact) mass is 290 g/mol. The number of pyridine rings is 1. The summed E-state index contributed by atoms with van der Waals surface area (Å²) in [6.07, 6.45) is 3.42. The van der Waals surface area contributed by atoms with Crippen molar-refractivity contribution in [1.82, 2.24) is 9.88 Å². The Morgan fingerprint density at radius 1 is 1.52 bits per heavy atom. The van der Waals surface area contributed by atoms with Gasteiger partial charge in [-0.3, -0.25) is 9.78 Å². The van der Waals surface area contributed by atoms with E-state index in [-0.39, 0.29) is 25.2 Å². The Balaban J connectivity index is 2.24. The van der Waals surface area contributed by atoms with Crippen LogP contribution in [0.5, 0.6) is 0 Å². The van der Waals surface area contributed by atoms with Crippen LogP contribution in [-0.2, 0) is 4.74 Å². The minimum atomic E-state index is -0.335. The third-order valence-electron chi connectivity index (χ3n) is 3.21. The molecule has 1 unspecified atom stereocenters. The first-order valence-corrected chi connectivity index (χ1v) is 6.81. The van der Waals surface area contributed by atoms with Crippen LogP contribution in [0.15, 0.2) is 18.5 Å². The van der Waals surface area contributed by atoms with Crippen molar-refractivity contribution in [2.45, 2.75) is 12.5 Å². The summed E-state index contributed by atoms with van der Waals surface area (Å²) in [5.74, 6) is 5.46. The molecule has 0 bridgehead atoms. The molecule has 1 aromatic rings. The predicted octanol–water partition coefficient (Wildman–Crippen LogP) is -0.351. The molecule has 1 aliphatic rings. The van der Waals surface area contributed by atoms with Crippen LogP contribution in [-0.4, -0.2) is 65.0 Å². The molecule has 1 aliphatic heterocycles. The van der Waals surface area contributed by atoms with Gasteiger partial charge in [0.25, 0.3) is 5.91 Å². The topological polar surface area (TPSA) is 82.9 Å². The maximum atomic E-state index is 12.6. The highest BCUT2D eigenvalue weighted by Gasteiger charge is 2.28. The van der Waals surface area contributed by atoms with E-state index in [1.807, 2.05) is 0 Å². The number of hydrogen-bond acceptors (Lipinski definition) is 5. The first-order valence-electron chi connectivity index (χ1n) is 6.81. The van der Waals surface area contributed by atoms with Gasteiger partial charge in [0, 0.05) is 25.4 Å². The number of aliphatic hydroxyl groups excluding tert-OH is 2. The van der Waals surface area contributed by atoms with Crippen LogP contribution >= 0.6 is 0 Å². The minimum Gasteiger partial charge on any atom is -0.395 e. The number of aromatic nitrogens is 1. The van der Waals surface area contributed by atoms with Gasteiger partial charge in [-0.05, 0) is 6.07 Å². The Morgan fingerprint density at radius 3 is 3.14 bits per heavy atom. The maximum absolute atomic E-state index is 12.6. The Hall–Kier alpha value is -1.94. The van der Waals surface area contributed by atoms with Crippen molar-refractivity contribution in [2.75, 3.05) is 33.0 Å². The van der Waals surface area contributed by atoms with E-state index in [4.69, 9.17) is 9.84 Å². The van der Waals surface area contributed by atoms with Gasteiger partial charge in [-0.25, -0.2) is 0 Å². The average Bonchev–Trinajstić information content (AvgIpc) is 2.55. The molecular weight excluding hydrogens is 272 g/mol. The normalized spacial score (nSPS) is 18.0. The van der Waals surface area contributed by atoms with E-state index < -0.39 is 0 Å². The van der Waals surface area contributed by atoms with Gasteiger partial charge in [-0.2, -0.15) is 0 Å². The number of morpholine rings is 1. The van der Waals surface area contributed by atoms with Gasteiger partial charge in [0.2, 0.25) is 0 Å². The van der Waals surface area contributed by atoms with Crippen LogP contribution in [0.3, 0.4) is 0 Å².